The molecule has 49 heavy (non-hydrogen) atoms. The summed E-state index contributed by atoms with van der Waals surface area (Å²) in [6, 6.07) is 34.8. The van der Waals surface area contributed by atoms with Crippen molar-refractivity contribution in [2.24, 2.45) is 47.3 Å². The van der Waals surface area contributed by atoms with Gasteiger partial charge in [-0.3, -0.25) is 0 Å². The first-order chi connectivity index (χ1) is 23.9. The molecule has 0 heterocycles. The lowest BCUT2D eigenvalue weighted by Crippen LogP contribution is -2.55. The van der Waals surface area contributed by atoms with E-state index in [0.717, 1.165) is 45.9 Å². The molecule has 3 nitrogen and oxygen atoms in total. The van der Waals surface area contributed by atoms with Crippen molar-refractivity contribution in [3.05, 3.63) is 119 Å². The number of benzene rings is 4. The zero-order chi connectivity index (χ0) is 32.7. The van der Waals surface area contributed by atoms with Crippen molar-refractivity contribution in [2.45, 2.75) is 88.6 Å². The maximum Gasteiger partial charge on any atom is 0.0958 e. The Balaban J connectivity index is 0.813. The minimum atomic E-state index is -0.696. The molecule has 8 saturated carbocycles. The lowest BCUT2D eigenvalue weighted by atomic mass is 9.48. The number of hydrogen-bond donors (Lipinski definition) is 2. The molecule has 3 heteroatoms. The van der Waals surface area contributed by atoms with Gasteiger partial charge >= 0.3 is 0 Å². The summed E-state index contributed by atoms with van der Waals surface area (Å²) in [5.41, 5.74) is 7.93. The van der Waals surface area contributed by atoms with Crippen LogP contribution in [0.25, 0.3) is 22.3 Å². The van der Waals surface area contributed by atoms with Gasteiger partial charge in [0.15, 0.2) is 0 Å². The van der Waals surface area contributed by atoms with Crippen LogP contribution < -0.4 is 0 Å². The van der Waals surface area contributed by atoms with Crippen molar-refractivity contribution in [2.75, 3.05) is 0 Å². The highest BCUT2D eigenvalue weighted by Gasteiger charge is 2.59. The fourth-order valence-electron chi connectivity index (χ4n) is 12.7. The van der Waals surface area contributed by atoms with E-state index in [4.69, 9.17) is 4.74 Å². The molecule has 0 saturated heterocycles. The summed E-state index contributed by atoms with van der Waals surface area (Å²) in [5.74, 6) is 4.90. The average molecular weight is 651 g/mol. The fraction of sp³-hybridized carbons (Fsp3) is 0.478. The lowest BCUT2D eigenvalue weighted by Gasteiger charge is -2.59. The summed E-state index contributed by atoms with van der Waals surface area (Å²) in [5, 5.41) is 24.7. The normalized spacial score (nSPS) is 36.8. The van der Waals surface area contributed by atoms with Crippen molar-refractivity contribution in [3.63, 3.8) is 0 Å². The number of aliphatic hydroxyl groups is 2. The standard InChI is InChI=1S/C46H50O3/c47-45(37-19-31-17-32(21-37)22-38(45)20-31)43-7-3-1-5-41(43)35-13-9-29(10-14-35)27-49-28-30-11-15-36(16-12-30)42-6-2-4-8-44(42)46(48)39-23-33-18-34(25-39)26-40(46)24-33/h1-16,31-34,37-40,47-48H,17-28H2. The van der Waals surface area contributed by atoms with Crippen molar-refractivity contribution >= 4 is 0 Å². The first-order valence-electron chi connectivity index (χ1n) is 19.3. The van der Waals surface area contributed by atoms with Crippen molar-refractivity contribution in [1.29, 1.82) is 0 Å². The van der Waals surface area contributed by atoms with Gasteiger partial charge in [-0.1, -0.05) is 97.1 Å². The maximum atomic E-state index is 12.4. The van der Waals surface area contributed by atoms with Crippen LogP contribution in [-0.4, -0.2) is 10.2 Å². The molecule has 0 spiro atoms. The van der Waals surface area contributed by atoms with Gasteiger partial charge in [0.2, 0.25) is 0 Å². The molecule has 0 aromatic heterocycles. The van der Waals surface area contributed by atoms with Crippen LogP contribution in [0.3, 0.4) is 0 Å². The highest BCUT2D eigenvalue weighted by Crippen LogP contribution is 2.64. The third-order valence-corrected chi connectivity index (χ3v) is 14.6. The van der Waals surface area contributed by atoms with Crippen LogP contribution >= 0.6 is 0 Å². The summed E-state index contributed by atoms with van der Waals surface area (Å²) in [4.78, 5) is 0. The van der Waals surface area contributed by atoms with E-state index in [1.165, 1.54) is 86.5 Å². The summed E-state index contributed by atoms with van der Waals surface area (Å²) < 4.78 is 6.22. The Morgan fingerprint density at radius 1 is 0.429 bits per heavy atom. The van der Waals surface area contributed by atoms with Gasteiger partial charge in [0.05, 0.1) is 24.4 Å². The van der Waals surface area contributed by atoms with E-state index in [1.807, 2.05) is 0 Å². The molecule has 12 rings (SSSR count). The molecule has 8 aliphatic carbocycles. The van der Waals surface area contributed by atoms with Crippen LogP contribution in [0.1, 0.15) is 86.5 Å². The first-order valence-corrected chi connectivity index (χ1v) is 19.3. The second-order valence-corrected chi connectivity index (χ2v) is 17.2. The highest BCUT2D eigenvalue weighted by atomic mass is 16.5. The van der Waals surface area contributed by atoms with Gasteiger partial charge in [0, 0.05) is 0 Å². The minimum absolute atomic E-state index is 0.398. The zero-order valence-electron chi connectivity index (χ0n) is 28.6. The van der Waals surface area contributed by atoms with E-state index in [-0.39, 0.29) is 0 Å². The number of rotatable bonds is 8. The Morgan fingerprint density at radius 3 is 1.10 bits per heavy atom. The second-order valence-electron chi connectivity index (χ2n) is 17.2. The molecular formula is C46H50O3. The van der Waals surface area contributed by atoms with Gasteiger partial charge in [0.25, 0.3) is 0 Å². The molecule has 0 aliphatic heterocycles. The van der Waals surface area contributed by atoms with Crippen LogP contribution in [-0.2, 0) is 29.2 Å². The summed E-state index contributed by atoms with van der Waals surface area (Å²) in [6.45, 7) is 1.11. The maximum absolute atomic E-state index is 12.4. The molecule has 0 radical (unpaired) electrons. The van der Waals surface area contributed by atoms with E-state index in [9.17, 15) is 10.2 Å². The molecule has 8 aliphatic rings. The molecule has 8 fully saturated rings. The van der Waals surface area contributed by atoms with Gasteiger partial charge in [-0.2, -0.15) is 0 Å². The largest absolute Gasteiger partial charge is 0.385 e. The van der Waals surface area contributed by atoms with Crippen LogP contribution in [0.5, 0.6) is 0 Å². The Hall–Kier alpha value is -3.24. The van der Waals surface area contributed by atoms with Crippen LogP contribution in [0.2, 0.25) is 0 Å². The van der Waals surface area contributed by atoms with Crippen molar-refractivity contribution in [3.8, 4) is 22.3 Å². The summed E-state index contributed by atoms with van der Waals surface area (Å²) in [6.07, 6.45) is 12.3. The van der Waals surface area contributed by atoms with E-state index in [2.05, 4.69) is 97.1 Å². The predicted octanol–water partition coefficient (Wildman–Crippen LogP) is 10.0. The Morgan fingerprint density at radius 2 is 0.755 bits per heavy atom. The minimum Gasteiger partial charge on any atom is -0.385 e. The van der Waals surface area contributed by atoms with E-state index >= 15 is 0 Å². The molecule has 4 aromatic carbocycles. The second kappa shape index (κ2) is 11.7. The van der Waals surface area contributed by atoms with Crippen LogP contribution in [0.4, 0.5) is 0 Å². The Bertz CT molecular complexity index is 1650. The molecule has 0 unspecified atom stereocenters. The third kappa shape index (κ3) is 4.94. The Labute approximate surface area is 291 Å². The van der Waals surface area contributed by atoms with Crippen molar-refractivity contribution in [1.82, 2.24) is 0 Å². The molecule has 4 aromatic rings. The number of hydrogen-bond acceptors (Lipinski definition) is 3. The topological polar surface area (TPSA) is 49.7 Å². The Kier molecular flexibility index (Phi) is 7.27. The monoisotopic (exact) mass is 650 g/mol. The van der Waals surface area contributed by atoms with E-state index in [0.29, 0.717) is 36.9 Å². The molecular weight excluding hydrogens is 601 g/mol. The molecule has 8 bridgehead atoms. The average Bonchev–Trinajstić information content (AvgIpc) is 3.13. The SMILES string of the molecule is OC1(c2ccccc2-c2ccc(COCc3ccc(-c4ccccc4C4(O)C5CC6CC(C5)CC4C6)cc3)cc2)C2CC3CC(C2)CC1C3. The van der Waals surface area contributed by atoms with Gasteiger partial charge < -0.3 is 14.9 Å². The summed E-state index contributed by atoms with van der Waals surface area (Å²) in [7, 11) is 0. The number of ether oxygens (including phenoxy) is 1. The van der Waals surface area contributed by atoms with Gasteiger partial charge in [-0.15, -0.1) is 0 Å². The van der Waals surface area contributed by atoms with Crippen LogP contribution in [0.15, 0.2) is 97.1 Å². The lowest BCUT2D eigenvalue weighted by molar-refractivity contribution is -0.179. The first kappa shape index (κ1) is 30.6. The quantitative estimate of drug-likeness (QED) is 0.200. The van der Waals surface area contributed by atoms with Gasteiger partial charge in [-0.05, 0) is 156 Å². The smallest absolute Gasteiger partial charge is 0.0958 e. The predicted molar refractivity (Wildman–Crippen MR) is 194 cm³/mol. The van der Waals surface area contributed by atoms with Crippen LogP contribution in [0, 0.1) is 47.3 Å². The molecule has 2 N–H and O–H groups in total. The summed E-state index contributed by atoms with van der Waals surface area (Å²) >= 11 is 0. The highest BCUT2D eigenvalue weighted by molar-refractivity contribution is 5.70. The zero-order valence-corrected chi connectivity index (χ0v) is 28.6. The van der Waals surface area contributed by atoms with E-state index in [1.54, 1.807) is 0 Å². The third-order valence-electron chi connectivity index (χ3n) is 14.6. The molecule has 0 amide bonds. The van der Waals surface area contributed by atoms with Crippen molar-refractivity contribution < 1.29 is 14.9 Å². The van der Waals surface area contributed by atoms with E-state index < -0.39 is 11.2 Å². The molecule has 252 valence electrons. The fourth-order valence-corrected chi connectivity index (χ4v) is 12.7. The molecule has 0 atom stereocenters. The van der Waals surface area contributed by atoms with Gasteiger partial charge in [0.1, 0.15) is 0 Å². The van der Waals surface area contributed by atoms with Gasteiger partial charge in [-0.25, -0.2) is 0 Å².